The third-order valence-electron chi connectivity index (χ3n) is 2.48. The van der Waals surface area contributed by atoms with Crippen molar-refractivity contribution >= 4 is 23.2 Å². The van der Waals surface area contributed by atoms with Crippen molar-refractivity contribution in [2.75, 3.05) is 6.61 Å². The zero-order valence-electron chi connectivity index (χ0n) is 9.72. The van der Waals surface area contributed by atoms with Gasteiger partial charge in [-0.1, -0.05) is 29.3 Å². The molecule has 0 amide bonds. The molecule has 16 heavy (non-hydrogen) atoms. The van der Waals surface area contributed by atoms with Crippen molar-refractivity contribution in [1.82, 2.24) is 5.32 Å². The number of nitrogens with one attached hydrogen (secondary N) is 1. The second-order valence-electron chi connectivity index (χ2n) is 4.42. The molecular weight excluding hydrogens is 245 g/mol. The molecule has 0 aliphatic carbocycles. The van der Waals surface area contributed by atoms with Gasteiger partial charge >= 0.3 is 0 Å². The van der Waals surface area contributed by atoms with E-state index in [2.05, 4.69) is 5.32 Å². The van der Waals surface area contributed by atoms with E-state index in [4.69, 9.17) is 23.2 Å². The van der Waals surface area contributed by atoms with Gasteiger partial charge in [-0.2, -0.15) is 0 Å². The molecule has 4 heteroatoms. The van der Waals surface area contributed by atoms with Gasteiger partial charge in [0.05, 0.1) is 22.2 Å². The number of aliphatic hydroxyl groups excluding tert-OH is 1. The van der Waals surface area contributed by atoms with Crippen LogP contribution in [0, 0.1) is 0 Å². The van der Waals surface area contributed by atoms with Crippen LogP contribution < -0.4 is 5.32 Å². The SMILES string of the molecule is CC(C)NC(C)(CO)c1ccc(Cl)c(Cl)c1. The molecule has 0 aliphatic rings. The second-order valence-corrected chi connectivity index (χ2v) is 5.23. The lowest BCUT2D eigenvalue weighted by molar-refractivity contribution is 0.166. The van der Waals surface area contributed by atoms with Gasteiger partial charge in [0.15, 0.2) is 0 Å². The zero-order chi connectivity index (χ0) is 12.3. The topological polar surface area (TPSA) is 32.3 Å². The van der Waals surface area contributed by atoms with Crippen LogP contribution in [-0.2, 0) is 5.54 Å². The largest absolute Gasteiger partial charge is 0.394 e. The summed E-state index contributed by atoms with van der Waals surface area (Å²) in [4.78, 5) is 0. The average molecular weight is 262 g/mol. The summed E-state index contributed by atoms with van der Waals surface area (Å²) in [5.74, 6) is 0. The lowest BCUT2D eigenvalue weighted by atomic mass is 9.92. The number of hydrogen-bond donors (Lipinski definition) is 2. The van der Waals surface area contributed by atoms with Crippen LogP contribution in [0.25, 0.3) is 0 Å². The maximum Gasteiger partial charge on any atom is 0.0652 e. The van der Waals surface area contributed by atoms with Crippen LogP contribution >= 0.6 is 23.2 Å². The molecule has 0 saturated heterocycles. The summed E-state index contributed by atoms with van der Waals surface area (Å²) in [6.45, 7) is 6.01. The molecule has 0 saturated carbocycles. The van der Waals surface area contributed by atoms with Crippen molar-refractivity contribution in [3.63, 3.8) is 0 Å². The van der Waals surface area contributed by atoms with E-state index in [9.17, 15) is 5.11 Å². The highest BCUT2D eigenvalue weighted by atomic mass is 35.5. The van der Waals surface area contributed by atoms with Crippen LogP contribution in [0.4, 0.5) is 0 Å². The van der Waals surface area contributed by atoms with Crippen molar-refractivity contribution in [1.29, 1.82) is 0 Å². The fourth-order valence-electron chi connectivity index (χ4n) is 1.70. The zero-order valence-corrected chi connectivity index (χ0v) is 11.2. The number of aliphatic hydroxyl groups is 1. The Morgan fingerprint density at radius 3 is 2.38 bits per heavy atom. The number of benzene rings is 1. The molecule has 1 unspecified atom stereocenters. The van der Waals surface area contributed by atoms with Crippen LogP contribution in [0.2, 0.25) is 10.0 Å². The molecule has 2 N–H and O–H groups in total. The Balaban J connectivity index is 3.07. The fourth-order valence-corrected chi connectivity index (χ4v) is 1.99. The Morgan fingerprint density at radius 2 is 1.94 bits per heavy atom. The van der Waals surface area contributed by atoms with Gasteiger partial charge in [-0.15, -0.1) is 0 Å². The molecule has 0 bridgehead atoms. The molecule has 1 rings (SSSR count). The summed E-state index contributed by atoms with van der Waals surface area (Å²) in [5.41, 5.74) is 0.431. The van der Waals surface area contributed by atoms with Crippen molar-refractivity contribution < 1.29 is 5.11 Å². The third kappa shape index (κ3) is 3.11. The van der Waals surface area contributed by atoms with Crippen molar-refractivity contribution in [2.24, 2.45) is 0 Å². The van der Waals surface area contributed by atoms with E-state index >= 15 is 0 Å². The Hall–Kier alpha value is -0.280. The van der Waals surface area contributed by atoms with Crippen LogP contribution in [-0.4, -0.2) is 17.8 Å². The van der Waals surface area contributed by atoms with Gasteiger partial charge < -0.3 is 10.4 Å². The molecule has 1 atom stereocenters. The predicted molar refractivity (Wildman–Crippen MR) is 69.2 cm³/mol. The lowest BCUT2D eigenvalue weighted by Crippen LogP contribution is -2.46. The van der Waals surface area contributed by atoms with Crippen LogP contribution in [0.15, 0.2) is 18.2 Å². The van der Waals surface area contributed by atoms with Gasteiger partial charge in [0.25, 0.3) is 0 Å². The van der Waals surface area contributed by atoms with Gasteiger partial charge in [-0.05, 0) is 38.5 Å². The minimum absolute atomic E-state index is 0.00312. The maximum absolute atomic E-state index is 9.51. The summed E-state index contributed by atoms with van der Waals surface area (Å²) in [6.07, 6.45) is 0. The summed E-state index contributed by atoms with van der Waals surface area (Å²) in [7, 11) is 0. The molecule has 2 nitrogen and oxygen atoms in total. The van der Waals surface area contributed by atoms with Crippen LogP contribution in [0.3, 0.4) is 0 Å². The smallest absolute Gasteiger partial charge is 0.0652 e. The Bertz CT molecular complexity index is 368. The first kappa shape index (κ1) is 13.8. The van der Waals surface area contributed by atoms with Gasteiger partial charge in [0.2, 0.25) is 0 Å². The highest BCUT2D eigenvalue weighted by molar-refractivity contribution is 6.42. The highest BCUT2D eigenvalue weighted by Crippen LogP contribution is 2.28. The van der Waals surface area contributed by atoms with Crippen LogP contribution in [0.1, 0.15) is 26.3 Å². The number of hydrogen-bond acceptors (Lipinski definition) is 2. The number of rotatable bonds is 4. The van der Waals surface area contributed by atoms with E-state index in [-0.39, 0.29) is 12.6 Å². The van der Waals surface area contributed by atoms with E-state index in [0.29, 0.717) is 10.0 Å². The van der Waals surface area contributed by atoms with Gasteiger partial charge in [-0.25, -0.2) is 0 Å². The lowest BCUT2D eigenvalue weighted by Gasteiger charge is -2.32. The Morgan fingerprint density at radius 1 is 1.31 bits per heavy atom. The predicted octanol–water partition coefficient (Wildman–Crippen LogP) is 3.20. The van der Waals surface area contributed by atoms with Crippen molar-refractivity contribution in [3.05, 3.63) is 33.8 Å². The number of halogens is 2. The summed E-state index contributed by atoms with van der Waals surface area (Å²) >= 11 is 11.8. The highest BCUT2D eigenvalue weighted by Gasteiger charge is 2.26. The molecular formula is C12H17Cl2NO. The van der Waals surface area contributed by atoms with E-state index < -0.39 is 5.54 Å². The molecule has 0 fully saturated rings. The average Bonchev–Trinajstić information content (AvgIpc) is 2.21. The molecule has 1 aromatic rings. The molecule has 0 aromatic heterocycles. The first-order valence-electron chi connectivity index (χ1n) is 5.23. The third-order valence-corrected chi connectivity index (χ3v) is 3.22. The van der Waals surface area contributed by atoms with E-state index in [0.717, 1.165) is 5.56 Å². The Labute approximate surface area is 107 Å². The van der Waals surface area contributed by atoms with Gasteiger partial charge in [0, 0.05) is 6.04 Å². The Kier molecular flexibility index (Phi) is 4.62. The molecule has 90 valence electrons. The first-order chi connectivity index (χ1) is 7.39. The minimum atomic E-state index is -0.498. The molecule has 0 aliphatic heterocycles. The standard InChI is InChI=1S/C12H17Cl2NO/c1-8(2)15-12(3,7-16)9-4-5-10(13)11(14)6-9/h4-6,8,15-16H,7H2,1-3H3. The van der Waals surface area contributed by atoms with Crippen LogP contribution in [0.5, 0.6) is 0 Å². The van der Waals surface area contributed by atoms with Crippen molar-refractivity contribution in [2.45, 2.75) is 32.4 Å². The minimum Gasteiger partial charge on any atom is -0.394 e. The quantitative estimate of drug-likeness (QED) is 0.873. The van der Waals surface area contributed by atoms with E-state index in [1.165, 1.54) is 0 Å². The molecule has 0 heterocycles. The van der Waals surface area contributed by atoms with Crippen molar-refractivity contribution in [3.8, 4) is 0 Å². The van der Waals surface area contributed by atoms with E-state index in [1.807, 2.05) is 26.8 Å². The monoisotopic (exact) mass is 261 g/mol. The van der Waals surface area contributed by atoms with Gasteiger partial charge in [0.1, 0.15) is 0 Å². The summed E-state index contributed by atoms with van der Waals surface area (Å²) in [6, 6.07) is 5.68. The summed E-state index contributed by atoms with van der Waals surface area (Å²) in [5, 5.41) is 13.9. The van der Waals surface area contributed by atoms with E-state index in [1.54, 1.807) is 12.1 Å². The summed E-state index contributed by atoms with van der Waals surface area (Å²) < 4.78 is 0. The fraction of sp³-hybridized carbons (Fsp3) is 0.500. The second kappa shape index (κ2) is 5.37. The molecule has 0 radical (unpaired) electrons. The normalized spacial score (nSPS) is 15.2. The van der Waals surface area contributed by atoms with Gasteiger partial charge in [-0.3, -0.25) is 0 Å². The maximum atomic E-state index is 9.51. The molecule has 1 aromatic carbocycles. The first-order valence-corrected chi connectivity index (χ1v) is 5.99. The molecule has 0 spiro atoms.